The van der Waals surface area contributed by atoms with Gasteiger partial charge in [0.2, 0.25) is 0 Å². The average Bonchev–Trinajstić information content (AvgIpc) is 3.02. The molecule has 0 unspecified atom stereocenters. The van der Waals surface area contributed by atoms with Crippen LogP contribution in [0.1, 0.15) is 27.3 Å². The number of rotatable bonds is 4. The van der Waals surface area contributed by atoms with Gasteiger partial charge in [0.15, 0.2) is 0 Å². The van der Waals surface area contributed by atoms with Crippen molar-refractivity contribution >= 4 is 28.9 Å². The molecule has 1 amide bonds. The van der Waals surface area contributed by atoms with E-state index in [1.54, 1.807) is 16.8 Å². The summed E-state index contributed by atoms with van der Waals surface area (Å²) in [5.41, 5.74) is 6.34. The van der Waals surface area contributed by atoms with Gasteiger partial charge in [0, 0.05) is 43.1 Å². The van der Waals surface area contributed by atoms with Gasteiger partial charge in [-0.25, -0.2) is 4.68 Å². The zero-order valence-corrected chi connectivity index (χ0v) is 19.2. The number of anilines is 2. The third-order valence-electron chi connectivity index (χ3n) is 5.88. The van der Waals surface area contributed by atoms with Gasteiger partial charge in [-0.05, 0) is 75.8 Å². The summed E-state index contributed by atoms with van der Waals surface area (Å²) in [7, 11) is 2.15. The van der Waals surface area contributed by atoms with E-state index in [0.717, 1.165) is 48.9 Å². The molecule has 2 aromatic carbocycles. The first-order valence-electron chi connectivity index (χ1n) is 10.5. The summed E-state index contributed by atoms with van der Waals surface area (Å²) in [5.74, 6) is -0.135. The van der Waals surface area contributed by atoms with E-state index in [4.69, 9.17) is 11.6 Å². The van der Waals surface area contributed by atoms with Crippen LogP contribution in [0.5, 0.6) is 0 Å². The Morgan fingerprint density at radius 3 is 2.26 bits per heavy atom. The zero-order valence-electron chi connectivity index (χ0n) is 18.4. The van der Waals surface area contributed by atoms with E-state index in [1.165, 1.54) is 11.3 Å². The first-order chi connectivity index (χ1) is 14.8. The van der Waals surface area contributed by atoms with Crippen LogP contribution >= 0.6 is 11.6 Å². The molecule has 0 spiro atoms. The molecule has 0 radical (unpaired) electrons. The number of carbonyl (C=O) groups is 1. The summed E-state index contributed by atoms with van der Waals surface area (Å²) in [6.07, 6.45) is 0. The number of amides is 1. The highest BCUT2D eigenvalue weighted by atomic mass is 35.5. The Bertz CT molecular complexity index is 1100. The Kier molecular flexibility index (Phi) is 6.03. The predicted octanol–water partition coefficient (Wildman–Crippen LogP) is 4.46. The number of piperazine rings is 1. The van der Waals surface area contributed by atoms with Gasteiger partial charge in [0.1, 0.15) is 0 Å². The van der Waals surface area contributed by atoms with Crippen LogP contribution in [0.15, 0.2) is 42.5 Å². The minimum Gasteiger partial charge on any atom is -0.369 e. The molecule has 3 aromatic rings. The first kappa shape index (κ1) is 21.4. The van der Waals surface area contributed by atoms with Crippen LogP contribution in [0.4, 0.5) is 11.4 Å². The van der Waals surface area contributed by atoms with Gasteiger partial charge >= 0.3 is 0 Å². The molecule has 1 aliphatic rings. The van der Waals surface area contributed by atoms with Crippen molar-refractivity contribution in [2.24, 2.45) is 0 Å². The van der Waals surface area contributed by atoms with Gasteiger partial charge in [-0.2, -0.15) is 5.10 Å². The SMILES string of the molecule is Cc1cc(NC(=O)c2ccc(-n3nc(C)c(Cl)c3C)cc2)ccc1N1CCN(C)CC1. The highest BCUT2D eigenvalue weighted by molar-refractivity contribution is 6.31. The fourth-order valence-corrected chi connectivity index (χ4v) is 4.09. The van der Waals surface area contributed by atoms with Crippen molar-refractivity contribution in [1.29, 1.82) is 0 Å². The Morgan fingerprint density at radius 1 is 1.00 bits per heavy atom. The van der Waals surface area contributed by atoms with E-state index < -0.39 is 0 Å². The maximum atomic E-state index is 12.8. The monoisotopic (exact) mass is 437 g/mol. The van der Waals surface area contributed by atoms with Crippen molar-refractivity contribution in [1.82, 2.24) is 14.7 Å². The number of aryl methyl sites for hydroxylation is 2. The lowest BCUT2D eigenvalue weighted by atomic mass is 10.1. The summed E-state index contributed by atoms with van der Waals surface area (Å²) < 4.78 is 1.79. The van der Waals surface area contributed by atoms with Gasteiger partial charge < -0.3 is 15.1 Å². The molecule has 1 aliphatic heterocycles. The van der Waals surface area contributed by atoms with Crippen molar-refractivity contribution in [3.05, 3.63) is 70.0 Å². The predicted molar refractivity (Wildman–Crippen MR) is 127 cm³/mol. The molecule has 0 aliphatic carbocycles. The van der Waals surface area contributed by atoms with Crippen molar-refractivity contribution in [3.63, 3.8) is 0 Å². The minimum atomic E-state index is -0.135. The van der Waals surface area contributed by atoms with Gasteiger partial charge in [-0.1, -0.05) is 11.6 Å². The third kappa shape index (κ3) is 4.45. The van der Waals surface area contributed by atoms with E-state index in [2.05, 4.69) is 40.3 Å². The van der Waals surface area contributed by atoms with Crippen LogP contribution in [-0.4, -0.2) is 53.8 Å². The van der Waals surface area contributed by atoms with Gasteiger partial charge in [0.05, 0.1) is 22.1 Å². The van der Waals surface area contributed by atoms with E-state index in [0.29, 0.717) is 10.6 Å². The molecule has 31 heavy (non-hydrogen) atoms. The lowest BCUT2D eigenvalue weighted by molar-refractivity contribution is 0.102. The van der Waals surface area contributed by atoms with E-state index >= 15 is 0 Å². The number of hydrogen-bond acceptors (Lipinski definition) is 4. The lowest BCUT2D eigenvalue weighted by Crippen LogP contribution is -2.44. The molecule has 2 heterocycles. The molecular weight excluding hydrogens is 410 g/mol. The lowest BCUT2D eigenvalue weighted by Gasteiger charge is -2.35. The number of benzene rings is 2. The summed E-state index contributed by atoms with van der Waals surface area (Å²) in [4.78, 5) is 17.5. The van der Waals surface area contributed by atoms with Crippen LogP contribution < -0.4 is 10.2 Å². The standard InChI is InChI=1S/C24H28ClN5O/c1-16-15-20(7-10-22(16)29-13-11-28(4)12-14-29)26-24(31)19-5-8-21(9-6-19)30-18(3)23(25)17(2)27-30/h5-10,15H,11-14H2,1-4H3,(H,26,31). The van der Waals surface area contributed by atoms with Crippen molar-refractivity contribution < 1.29 is 4.79 Å². The zero-order chi connectivity index (χ0) is 22.1. The molecular formula is C24H28ClN5O. The highest BCUT2D eigenvalue weighted by Gasteiger charge is 2.17. The molecule has 162 valence electrons. The number of likely N-dealkylation sites (N-methyl/N-ethyl adjacent to an activating group) is 1. The molecule has 1 N–H and O–H groups in total. The van der Waals surface area contributed by atoms with E-state index in [-0.39, 0.29) is 5.91 Å². The van der Waals surface area contributed by atoms with Gasteiger partial charge in [-0.3, -0.25) is 4.79 Å². The van der Waals surface area contributed by atoms with Gasteiger partial charge in [0.25, 0.3) is 5.91 Å². The largest absolute Gasteiger partial charge is 0.369 e. The molecule has 0 bridgehead atoms. The van der Waals surface area contributed by atoms with Gasteiger partial charge in [-0.15, -0.1) is 0 Å². The highest BCUT2D eigenvalue weighted by Crippen LogP contribution is 2.26. The fraction of sp³-hybridized carbons (Fsp3) is 0.333. The smallest absolute Gasteiger partial charge is 0.255 e. The second-order valence-electron chi connectivity index (χ2n) is 8.19. The topological polar surface area (TPSA) is 53.4 Å². The number of nitrogens with zero attached hydrogens (tertiary/aromatic N) is 4. The minimum absolute atomic E-state index is 0.135. The Labute approximate surface area is 188 Å². The molecule has 1 fully saturated rings. The number of aromatic nitrogens is 2. The summed E-state index contributed by atoms with van der Waals surface area (Å²) >= 11 is 6.25. The van der Waals surface area contributed by atoms with Crippen LogP contribution in [0.2, 0.25) is 5.02 Å². The normalized spacial score (nSPS) is 14.7. The Balaban J connectivity index is 1.45. The molecule has 1 aromatic heterocycles. The van der Waals surface area contributed by atoms with Crippen molar-refractivity contribution in [3.8, 4) is 5.69 Å². The van der Waals surface area contributed by atoms with E-state index in [1.807, 2.05) is 38.1 Å². The quantitative estimate of drug-likeness (QED) is 0.655. The van der Waals surface area contributed by atoms with Crippen LogP contribution in [0, 0.1) is 20.8 Å². The molecule has 0 saturated carbocycles. The molecule has 4 rings (SSSR count). The molecule has 6 nitrogen and oxygen atoms in total. The van der Waals surface area contributed by atoms with E-state index in [9.17, 15) is 4.79 Å². The van der Waals surface area contributed by atoms with Crippen LogP contribution in [0.25, 0.3) is 5.69 Å². The summed E-state index contributed by atoms with van der Waals surface area (Å²) in [5, 5.41) is 8.14. The number of hydrogen-bond donors (Lipinski definition) is 1. The second kappa shape index (κ2) is 8.73. The summed E-state index contributed by atoms with van der Waals surface area (Å²) in [6.45, 7) is 10.1. The Hall–Kier alpha value is -2.83. The molecule has 0 atom stereocenters. The maximum Gasteiger partial charge on any atom is 0.255 e. The third-order valence-corrected chi connectivity index (χ3v) is 6.42. The molecule has 1 saturated heterocycles. The van der Waals surface area contributed by atoms with Crippen molar-refractivity contribution in [2.75, 3.05) is 43.4 Å². The Morgan fingerprint density at radius 2 is 1.68 bits per heavy atom. The van der Waals surface area contributed by atoms with Crippen LogP contribution in [-0.2, 0) is 0 Å². The number of carbonyl (C=O) groups excluding carboxylic acids is 1. The second-order valence-corrected chi connectivity index (χ2v) is 8.57. The van der Waals surface area contributed by atoms with Crippen LogP contribution in [0.3, 0.4) is 0 Å². The number of nitrogens with one attached hydrogen (secondary N) is 1. The molecule has 7 heteroatoms. The summed E-state index contributed by atoms with van der Waals surface area (Å²) in [6, 6.07) is 13.5. The first-order valence-corrected chi connectivity index (χ1v) is 10.9. The maximum absolute atomic E-state index is 12.8. The van der Waals surface area contributed by atoms with Crippen molar-refractivity contribution in [2.45, 2.75) is 20.8 Å². The fourth-order valence-electron chi connectivity index (χ4n) is 3.97. The number of halogens is 1. The average molecular weight is 438 g/mol.